The van der Waals surface area contributed by atoms with Crippen molar-refractivity contribution in [3.8, 4) is 0 Å². The van der Waals surface area contributed by atoms with E-state index in [9.17, 15) is 9.59 Å². The highest BCUT2D eigenvalue weighted by Crippen LogP contribution is 2.27. The zero-order chi connectivity index (χ0) is 15.5. The van der Waals surface area contributed by atoms with E-state index < -0.39 is 5.91 Å². The van der Waals surface area contributed by atoms with Gasteiger partial charge in [-0.25, -0.2) is 0 Å². The summed E-state index contributed by atoms with van der Waals surface area (Å²) in [5, 5.41) is 12.5. The van der Waals surface area contributed by atoms with Gasteiger partial charge in [-0.05, 0) is 25.7 Å². The van der Waals surface area contributed by atoms with Gasteiger partial charge >= 0.3 is 11.8 Å². The van der Waals surface area contributed by atoms with E-state index >= 15 is 0 Å². The number of nitrogens with one attached hydrogen (secondary N) is 2. The Balaban J connectivity index is 1.51. The van der Waals surface area contributed by atoms with E-state index in [4.69, 9.17) is 9.05 Å². The predicted octanol–water partition coefficient (Wildman–Crippen LogP) is 0.687. The molecular weight excluding hydrogens is 290 g/mol. The molecule has 1 aliphatic rings. The van der Waals surface area contributed by atoms with Crippen LogP contribution in [0.4, 0.5) is 5.82 Å². The van der Waals surface area contributed by atoms with E-state index in [0.717, 1.165) is 12.8 Å². The van der Waals surface area contributed by atoms with Crippen molar-refractivity contribution in [1.82, 2.24) is 20.6 Å². The normalized spacial score (nSPS) is 13.9. The van der Waals surface area contributed by atoms with Crippen molar-refractivity contribution >= 4 is 17.6 Å². The van der Waals surface area contributed by atoms with Gasteiger partial charge in [0.05, 0.1) is 6.42 Å². The number of aryl methyl sites for hydroxylation is 1. The Morgan fingerprint density at radius 3 is 2.82 bits per heavy atom. The Hall–Kier alpha value is -2.71. The minimum absolute atomic E-state index is 0.120. The largest absolute Gasteiger partial charge is 0.360 e. The van der Waals surface area contributed by atoms with Crippen LogP contribution >= 0.6 is 0 Å². The highest BCUT2D eigenvalue weighted by atomic mass is 16.5. The van der Waals surface area contributed by atoms with Crippen molar-refractivity contribution in [2.75, 3.05) is 11.9 Å². The van der Waals surface area contributed by atoms with E-state index in [-0.39, 0.29) is 24.0 Å². The Morgan fingerprint density at radius 1 is 1.32 bits per heavy atom. The van der Waals surface area contributed by atoms with Crippen LogP contribution in [0.5, 0.6) is 0 Å². The van der Waals surface area contributed by atoms with Crippen molar-refractivity contribution in [3.63, 3.8) is 0 Å². The molecule has 2 heterocycles. The van der Waals surface area contributed by atoms with Crippen LogP contribution in [0, 0.1) is 12.8 Å². The molecule has 0 spiro atoms. The molecule has 1 saturated carbocycles. The van der Waals surface area contributed by atoms with Crippen molar-refractivity contribution in [1.29, 1.82) is 0 Å². The fourth-order valence-electron chi connectivity index (χ4n) is 1.81. The summed E-state index contributed by atoms with van der Waals surface area (Å²) in [7, 11) is 0. The van der Waals surface area contributed by atoms with Gasteiger partial charge in [0.25, 0.3) is 0 Å². The summed E-state index contributed by atoms with van der Waals surface area (Å²) in [6.07, 6.45) is 2.15. The van der Waals surface area contributed by atoms with Crippen LogP contribution in [-0.4, -0.2) is 33.7 Å². The summed E-state index contributed by atoms with van der Waals surface area (Å²) in [5.41, 5.74) is 0. The second-order valence-corrected chi connectivity index (χ2v) is 5.22. The van der Waals surface area contributed by atoms with Crippen LogP contribution in [0.3, 0.4) is 0 Å². The van der Waals surface area contributed by atoms with Gasteiger partial charge in [-0.1, -0.05) is 10.3 Å². The standard InChI is InChI=1S/C13H15N5O4/c1-7-4-9(17-21-7)15-11(19)5-10-16-13(22-18-10)12(20)14-6-8-2-3-8/h4,8H,2-3,5-6H2,1H3,(H,14,20)(H,15,17,19). The predicted molar refractivity (Wildman–Crippen MR) is 72.9 cm³/mol. The summed E-state index contributed by atoms with van der Waals surface area (Å²) in [4.78, 5) is 27.4. The fourth-order valence-corrected chi connectivity index (χ4v) is 1.81. The fraction of sp³-hybridized carbons (Fsp3) is 0.462. The molecule has 2 amide bonds. The third kappa shape index (κ3) is 3.68. The Labute approximate surface area is 125 Å². The maximum Gasteiger partial charge on any atom is 0.315 e. The summed E-state index contributed by atoms with van der Waals surface area (Å²) >= 11 is 0. The number of carbonyl (C=O) groups is 2. The zero-order valence-corrected chi connectivity index (χ0v) is 12.0. The molecule has 116 valence electrons. The van der Waals surface area contributed by atoms with Gasteiger partial charge in [-0.3, -0.25) is 9.59 Å². The van der Waals surface area contributed by atoms with Crippen LogP contribution in [0.15, 0.2) is 15.1 Å². The highest BCUT2D eigenvalue weighted by Gasteiger charge is 2.23. The van der Waals surface area contributed by atoms with E-state index in [1.165, 1.54) is 0 Å². The SMILES string of the molecule is Cc1cc(NC(=O)Cc2noc(C(=O)NCC3CC3)n2)no1. The maximum absolute atomic E-state index is 11.8. The molecule has 9 heteroatoms. The van der Waals surface area contributed by atoms with Crippen molar-refractivity contribution < 1.29 is 18.6 Å². The minimum Gasteiger partial charge on any atom is -0.360 e. The van der Waals surface area contributed by atoms with Crippen LogP contribution in [0.2, 0.25) is 0 Å². The second-order valence-electron chi connectivity index (χ2n) is 5.22. The number of amides is 2. The number of nitrogens with zero attached hydrogens (tertiary/aromatic N) is 3. The number of aromatic nitrogens is 3. The number of carbonyl (C=O) groups excluding carboxylic acids is 2. The molecule has 2 N–H and O–H groups in total. The molecule has 1 fully saturated rings. The van der Waals surface area contributed by atoms with Crippen LogP contribution < -0.4 is 10.6 Å². The molecule has 0 unspecified atom stereocenters. The topological polar surface area (TPSA) is 123 Å². The molecule has 3 rings (SSSR count). The second kappa shape index (κ2) is 5.96. The third-order valence-corrected chi connectivity index (χ3v) is 3.12. The first-order valence-electron chi connectivity index (χ1n) is 6.94. The van der Waals surface area contributed by atoms with Crippen molar-refractivity contribution in [2.24, 2.45) is 5.92 Å². The first kappa shape index (κ1) is 14.2. The molecule has 2 aromatic heterocycles. The first-order valence-corrected chi connectivity index (χ1v) is 6.94. The van der Waals surface area contributed by atoms with Crippen molar-refractivity contribution in [3.05, 3.63) is 23.5 Å². The van der Waals surface area contributed by atoms with E-state index in [1.54, 1.807) is 13.0 Å². The molecule has 0 atom stereocenters. The Bertz CT molecular complexity index is 688. The monoisotopic (exact) mass is 305 g/mol. The van der Waals surface area contributed by atoms with Crippen molar-refractivity contribution in [2.45, 2.75) is 26.2 Å². The summed E-state index contributed by atoms with van der Waals surface area (Å²) in [6, 6.07) is 1.59. The Morgan fingerprint density at radius 2 is 2.14 bits per heavy atom. The van der Waals surface area contributed by atoms with Crippen LogP contribution in [0.25, 0.3) is 0 Å². The van der Waals surface area contributed by atoms with Gasteiger partial charge in [0, 0.05) is 12.6 Å². The number of hydrogen-bond acceptors (Lipinski definition) is 7. The molecule has 9 nitrogen and oxygen atoms in total. The average molecular weight is 305 g/mol. The smallest absolute Gasteiger partial charge is 0.315 e. The van der Waals surface area contributed by atoms with Gasteiger partial charge < -0.3 is 19.7 Å². The van der Waals surface area contributed by atoms with E-state index in [0.29, 0.717) is 24.0 Å². The van der Waals surface area contributed by atoms with Crippen LogP contribution in [0.1, 0.15) is 35.1 Å². The lowest BCUT2D eigenvalue weighted by atomic mass is 10.3. The van der Waals surface area contributed by atoms with Gasteiger partial charge in [0.15, 0.2) is 11.6 Å². The molecular formula is C13H15N5O4. The van der Waals surface area contributed by atoms with Crippen LogP contribution in [-0.2, 0) is 11.2 Å². The molecule has 1 aliphatic carbocycles. The third-order valence-electron chi connectivity index (χ3n) is 3.12. The zero-order valence-electron chi connectivity index (χ0n) is 12.0. The molecule has 22 heavy (non-hydrogen) atoms. The van der Waals surface area contributed by atoms with E-state index in [2.05, 4.69) is 25.9 Å². The lowest BCUT2D eigenvalue weighted by molar-refractivity contribution is -0.115. The van der Waals surface area contributed by atoms with Gasteiger partial charge in [-0.2, -0.15) is 4.98 Å². The maximum atomic E-state index is 11.8. The summed E-state index contributed by atoms with van der Waals surface area (Å²) < 4.78 is 9.68. The van der Waals surface area contributed by atoms with E-state index in [1.807, 2.05) is 0 Å². The molecule has 0 saturated heterocycles. The number of rotatable bonds is 6. The van der Waals surface area contributed by atoms with Gasteiger partial charge in [0.2, 0.25) is 5.91 Å². The van der Waals surface area contributed by atoms with Gasteiger partial charge in [-0.15, -0.1) is 0 Å². The van der Waals surface area contributed by atoms with Gasteiger partial charge in [0.1, 0.15) is 5.76 Å². The lowest BCUT2D eigenvalue weighted by Gasteiger charge is -1.98. The number of anilines is 1. The first-order chi connectivity index (χ1) is 10.6. The quantitative estimate of drug-likeness (QED) is 0.804. The molecule has 2 aromatic rings. The highest BCUT2D eigenvalue weighted by molar-refractivity contribution is 5.91. The lowest BCUT2D eigenvalue weighted by Crippen LogP contribution is -2.25. The average Bonchev–Trinajstić information content (AvgIpc) is 3.05. The molecule has 0 aliphatic heterocycles. The molecule has 0 radical (unpaired) electrons. The summed E-state index contributed by atoms with van der Waals surface area (Å²) in [6.45, 7) is 2.33. The molecule has 0 aromatic carbocycles. The molecule has 0 bridgehead atoms. The minimum atomic E-state index is -0.418. The number of hydrogen-bond donors (Lipinski definition) is 2. The summed E-state index contributed by atoms with van der Waals surface area (Å²) in [5.74, 6) is 0.660. The Kier molecular flexibility index (Phi) is 3.86.